The van der Waals surface area contributed by atoms with Gasteiger partial charge in [-0.3, -0.25) is 9.59 Å². The Morgan fingerprint density at radius 1 is 1.11 bits per heavy atom. The van der Waals surface area contributed by atoms with Crippen LogP contribution in [0.3, 0.4) is 0 Å². The number of carbonyl (C=O) groups excluding carboxylic acids is 2. The standard InChI is InChI=1S/C23H29N3O2/c1-4-18-11-6-7-15-26(18)23(28)21-14-9-13-20(24-21)22(27)25(5-2)19-12-8-10-17(3)16-19/h8-10,12-14,16,18H,4-7,11,15H2,1-3H3. The summed E-state index contributed by atoms with van der Waals surface area (Å²) in [6, 6.07) is 13.3. The van der Waals surface area contributed by atoms with Crippen LogP contribution in [0, 0.1) is 6.92 Å². The van der Waals surface area contributed by atoms with Gasteiger partial charge in [-0.2, -0.15) is 0 Å². The van der Waals surface area contributed by atoms with E-state index in [-0.39, 0.29) is 17.9 Å². The van der Waals surface area contributed by atoms with Gasteiger partial charge in [0.15, 0.2) is 0 Å². The number of benzene rings is 1. The number of carbonyl (C=O) groups is 2. The molecule has 2 heterocycles. The highest BCUT2D eigenvalue weighted by molar-refractivity contribution is 6.05. The molecule has 2 aromatic rings. The largest absolute Gasteiger partial charge is 0.334 e. The molecule has 0 spiro atoms. The predicted octanol–water partition coefficient (Wildman–Crippen LogP) is 4.46. The van der Waals surface area contributed by atoms with Crippen molar-refractivity contribution in [2.24, 2.45) is 0 Å². The monoisotopic (exact) mass is 379 g/mol. The lowest BCUT2D eigenvalue weighted by atomic mass is 9.99. The van der Waals surface area contributed by atoms with Gasteiger partial charge in [0.2, 0.25) is 0 Å². The number of piperidine rings is 1. The Morgan fingerprint density at radius 2 is 1.86 bits per heavy atom. The lowest BCUT2D eigenvalue weighted by molar-refractivity contribution is 0.0602. The maximum atomic E-state index is 13.1. The number of hydrogen-bond acceptors (Lipinski definition) is 3. The van der Waals surface area contributed by atoms with Gasteiger partial charge in [-0.05, 0) is 69.4 Å². The summed E-state index contributed by atoms with van der Waals surface area (Å²) in [5.74, 6) is -0.256. The van der Waals surface area contributed by atoms with Crippen LogP contribution in [0.25, 0.3) is 0 Å². The highest BCUT2D eigenvalue weighted by Gasteiger charge is 2.27. The van der Waals surface area contributed by atoms with Crippen LogP contribution in [0.2, 0.25) is 0 Å². The zero-order chi connectivity index (χ0) is 20.1. The van der Waals surface area contributed by atoms with Crippen LogP contribution in [0.1, 0.15) is 66.1 Å². The third kappa shape index (κ3) is 4.24. The number of amides is 2. The summed E-state index contributed by atoms with van der Waals surface area (Å²) < 4.78 is 0. The van der Waals surface area contributed by atoms with Gasteiger partial charge in [-0.25, -0.2) is 4.98 Å². The Morgan fingerprint density at radius 3 is 2.57 bits per heavy atom. The summed E-state index contributed by atoms with van der Waals surface area (Å²) >= 11 is 0. The molecule has 0 bridgehead atoms. The molecule has 1 atom stereocenters. The molecular formula is C23H29N3O2. The van der Waals surface area contributed by atoms with Gasteiger partial charge in [0.1, 0.15) is 11.4 Å². The number of aryl methyl sites for hydroxylation is 1. The van der Waals surface area contributed by atoms with Crippen molar-refractivity contribution >= 4 is 17.5 Å². The number of likely N-dealkylation sites (tertiary alicyclic amines) is 1. The number of hydrogen-bond donors (Lipinski definition) is 0. The van der Waals surface area contributed by atoms with Crippen molar-refractivity contribution < 1.29 is 9.59 Å². The van der Waals surface area contributed by atoms with Crippen LogP contribution in [0.15, 0.2) is 42.5 Å². The molecule has 5 nitrogen and oxygen atoms in total. The Labute approximate surface area is 167 Å². The van der Waals surface area contributed by atoms with E-state index >= 15 is 0 Å². The Bertz CT molecular complexity index is 849. The Hall–Kier alpha value is -2.69. The fourth-order valence-electron chi connectivity index (χ4n) is 3.89. The molecule has 1 aliphatic heterocycles. The normalized spacial score (nSPS) is 16.7. The van der Waals surface area contributed by atoms with Gasteiger partial charge >= 0.3 is 0 Å². The molecule has 0 N–H and O–H groups in total. The lowest BCUT2D eigenvalue weighted by Gasteiger charge is -2.35. The molecule has 1 aromatic heterocycles. The van der Waals surface area contributed by atoms with Crippen molar-refractivity contribution in [3.63, 3.8) is 0 Å². The molecule has 0 aliphatic carbocycles. The first-order chi connectivity index (χ1) is 13.5. The number of pyridine rings is 1. The number of rotatable bonds is 5. The van der Waals surface area contributed by atoms with E-state index in [1.807, 2.05) is 43.0 Å². The summed E-state index contributed by atoms with van der Waals surface area (Å²) in [5, 5.41) is 0. The first-order valence-corrected chi connectivity index (χ1v) is 10.2. The van der Waals surface area contributed by atoms with Crippen LogP contribution in [-0.4, -0.2) is 40.8 Å². The second-order valence-corrected chi connectivity index (χ2v) is 7.35. The molecule has 28 heavy (non-hydrogen) atoms. The van der Waals surface area contributed by atoms with Gasteiger partial charge in [0.25, 0.3) is 11.8 Å². The first kappa shape index (κ1) is 20.1. The van der Waals surface area contributed by atoms with Gasteiger partial charge in [0, 0.05) is 24.8 Å². The van der Waals surface area contributed by atoms with Crippen LogP contribution in [0.5, 0.6) is 0 Å². The number of anilines is 1. The molecule has 1 aliphatic rings. The molecule has 1 saturated heterocycles. The number of nitrogens with zero attached hydrogens (tertiary/aromatic N) is 3. The minimum Gasteiger partial charge on any atom is -0.334 e. The van der Waals surface area contributed by atoms with Gasteiger partial charge in [-0.1, -0.05) is 25.1 Å². The van der Waals surface area contributed by atoms with Gasteiger partial charge < -0.3 is 9.80 Å². The maximum Gasteiger partial charge on any atom is 0.276 e. The van der Waals surface area contributed by atoms with Crippen LogP contribution >= 0.6 is 0 Å². The molecule has 2 amide bonds. The second kappa shape index (κ2) is 9.00. The fraction of sp³-hybridized carbons (Fsp3) is 0.435. The predicted molar refractivity (Wildman–Crippen MR) is 112 cm³/mol. The third-order valence-corrected chi connectivity index (χ3v) is 5.42. The van der Waals surface area contributed by atoms with Gasteiger partial charge in [-0.15, -0.1) is 0 Å². The molecule has 3 rings (SSSR count). The summed E-state index contributed by atoms with van der Waals surface area (Å²) in [6.45, 7) is 7.36. The zero-order valence-corrected chi connectivity index (χ0v) is 17.0. The van der Waals surface area contributed by atoms with Crippen molar-refractivity contribution in [3.8, 4) is 0 Å². The smallest absolute Gasteiger partial charge is 0.276 e. The van der Waals surface area contributed by atoms with E-state index in [1.54, 1.807) is 23.1 Å². The highest BCUT2D eigenvalue weighted by Crippen LogP contribution is 2.22. The Kier molecular flexibility index (Phi) is 6.45. The minimum atomic E-state index is -0.187. The topological polar surface area (TPSA) is 53.5 Å². The second-order valence-electron chi connectivity index (χ2n) is 7.35. The van der Waals surface area contributed by atoms with Gasteiger partial charge in [0.05, 0.1) is 0 Å². The van der Waals surface area contributed by atoms with E-state index in [1.165, 1.54) is 0 Å². The quantitative estimate of drug-likeness (QED) is 0.771. The SMILES string of the molecule is CCC1CCCCN1C(=O)c1cccc(C(=O)N(CC)c2cccc(C)c2)n1. The summed E-state index contributed by atoms with van der Waals surface area (Å²) in [5.41, 5.74) is 2.59. The van der Waals surface area contributed by atoms with E-state index in [9.17, 15) is 9.59 Å². The van der Waals surface area contributed by atoms with E-state index < -0.39 is 0 Å². The molecule has 0 saturated carbocycles. The van der Waals surface area contributed by atoms with Crippen molar-refractivity contribution in [1.29, 1.82) is 0 Å². The molecule has 0 radical (unpaired) electrons. The van der Waals surface area contributed by atoms with E-state index in [0.717, 1.165) is 43.5 Å². The van der Waals surface area contributed by atoms with Crippen LogP contribution in [0.4, 0.5) is 5.69 Å². The average molecular weight is 380 g/mol. The van der Waals surface area contributed by atoms with Crippen molar-refractivity contribution in [2.75, 3.05) is 18.0 Å². The zero-order valence-electron chi connectivity index (χ0n) is 17.0. The molecule has 1 aromatic carbocycles. The first-order valence-electron chi connectivity index (χ1n) is 10.2. The summed E-state index contributed by atoms with van der Waals surface area (Å²) in [4.78, 5) is 34.2. The van der Waals surface area contributed by atoms with E-state index in [0.29, 0.717) is 17.9 Å². The molecule has 5 heteroatoms. The molecular weight excluding hydrogens is 350 g/mol. The molecule has 1 fully saturated rings. The molecule has 148 valence electrons. The highest BCUT2D eigenvalue weighted by atomic mass is 16.2. The summed E-state index contributed by atoms with van der Waals surface area (Å²) in [7, 11) is 0. The minimum absolute atomic E-state index is 0.0696. The Balaban J connectivity index is 1.85. The van der Waals surface area contributed by atoms with E-state index in [4.69, 9.17) is 0 Å². The molecule has 1 unspecified atom stereocenters. The van der Waals surface area contributed by atoms with Crippen molar-refractivity contribution in [1.82, 2.24) is 9.88 Å². The fourth-order valence-corrected chi connectivity index (χ4v) is 3.89. The summed E-state index contributed by atoms with van der Waals surface area (Å²) in [6.07, 6.45) is 4.17. The van der Waals surface area contributed by atoms with Crippen LogP contribution < -0.4 is 4.90 Å². The van der Waals surface area contributed by atoms with Crippen molar-refractivity contribution in [3.05, 3.63) is 59.4 Å². The van der Waals surface area contributed by atoms with Crippen LogP contribution in [-0.2, 0) is 0 Å². The third-order valence-electron chi connectivity index (χ3n) is 5.42. The average Bonchev–Trinajstić information content (AvgIpc) is 2.73. The van der Waals surface area contributed by atoms with E-state index in [2.05, 4.69) is 11.9 Å². The lowest BCUT2D eigenvalue weighted by Crippen LogP contribution is -2.43. The van der Waals surface area contributed by atoms with Crippen molar-refractivity contribution in [2.45, 2.75) is 52.5 Å². The maximum absolute atomic E-state index is 13.1. The number of aromatic nitrogens is 1.